The van der Waals surface area contributed by atoms with Gasteiger partial charge in [0.15, 0.2) is 0 Å². The molecular weight excluding hydrogens is 304 g/mol. The van der Waals surface area contributed by atoms with E-state index in [0.29, 0.717) is 11.1 Å². The highest BCUT2D eigenvalue weighted by atomic mass is 16.7. The Morgan fingerprint density at radius 3 is 1.33 bits per heavy atom. The van der Waals surface area contributed by atoms with E-state index in [-0.39, 0.29) is 0 Å². The van der Waals surface area contributed by atoms with Crippen LogP contribution in [0.2, 0.25) is 0 Å². The number of cyclic esters (lactones) is 2. The highest BCUT2D eigenvalue weighted by Crippen LogP contribution is 2.41. The van der Waals surface area contributed by atoms with Crippen molar-refractivity contribution in [3.63, 3.8) is 0 Å². The van der Waals surface area contributed by atoms with E-state index in [9.17, 15) is 9.59 Å². The van der Waals surface area contributed by atoms with E-state index >= 15 is 0 Å². The van der Waals surface area contributed by atoms with Gasteiger partial charge in [0.05, 0.1) is 0 Å². The first-order valence-corrected chi connectivity index (χ1v) is 7.87. The minimum absolute atomic E-state index is 0.544. The molecule has 1 fully saturated rings. The molecule has 3 rings (SSSR count). The number of aryl methyl sites for hydroxylation is 2. The van der Waals surface area contributed by atoms with Crippen LogP contribution in [-0.4, -0.2) is 17.7 Å². The summed E-state index contributed by atoms with van der Waals surface area (Å²) >= 11 is 0. The Labute approximate surface area is 141 Å². The fourth-order valence-corrected chi connectivity index (χ4v) is 2.95. The number of rotatable bonds is 2. The lowest BCUT2D eigenvalue weighted by Crippen LogP contribution is -2.57. The monoisotopic (exact) mass is 324 g/mol. The van der Waals surface area contributed by atoms with Gasteiger partial charge in [-0.05, 0) is 25.0 Å². The first-order chi connectivity index (χ1) is 11.3. The van der Waals surface area contributed by atoms with Crippen LogP contribution in [-0.2, 0) is 24.5 Å². The summed E-state index contributed by atoms with van der Waals surface area (Å²) in [6.45, 7) is 7.00. The van der Waals surface area contributed by atoms with Gasteiger partial charge in [-0.2, -0.15) is 0 Å². The predicted molar refractivity (Wildman–Crippen MR) is 89.4 cm³/mol. The number of hydrogen-bond donors (Lipinski definition) is 0. The van der Waals surface area contributed by atoms with E-state index in [1.165, 1.54) is 0 Å². The number of esters is 2. The van der Waals surface area contributed by atoms with Gasteiger partial charge in [-0.25, -0.2) is 9.59 Å². The molecule has 24 heavy (non-hydrogen) atoms. The second kappa shape index (κ2) is 5.48. The van der Waals surface area contributed by atoms with Gasteiger partial charge in [-0.3, -0.25) is 0 Å². The Balaban J connectivity index is 2.25. The Morgan fingerprint density at radius 2 is 1.00 bits per heavy atom. The molecule has 2 aromatic rings. The molecule has 0 spiro atoms. The Bertz CT molecular complexity index is 718. The van der Waals surface area contributed by atoms with E-state index in [1.54, 1.807) is 38.1 Å². The molecule has 2 aromatic carbocycles. The fraction of sp³-hybridized carbons (Fsp3) is 0.300. The molecule has 0 radical (unpaired) electrons. The van der Waals surface area contributed by atoms with Crippen molar-refractivity contribution in [3.05, 3.63) is 70.8 Å². The largest absolute Gasteiger partial charge is 0.422 e. The Hall–Kier alpha value is -2.62. The van der Waals surface area contributed by atoms with Gasteiger partial charge in [0.25, 0.3) is 5.79 Å². The summed E-state index contributed by atoms with van der Waals surface area (Å²) < 4.78 is 10.9. The van der Waals surface area contributed by atoms with Crippen LogP contribution in [0.4, 0.5) is 0 Å². The van der Waals surface area contributed by atoms with E-state index in [0.717, 1.165) is 11.1 Å². The molecule has 124 valence electrons. The molecule has 4 nitrogen and oxygen atoms in total. The van der Waals surface area contributed by atoms with Gasteiger partial charge in [0, 0.05) is 13.8 Å². The number of ether oxygens (including phenoxy) is 2. The van der Waals surface area contributed by atoms with Crippen LogP contribution in [0.1, 0.15) is 36.1 Å². The van der Waals surface area contributed by atoms with Gasteiger partial charge >= 0.3 is 11.9 Å². The van der Waals surface area contributed by atoms with Gasteiger partial charge in [-0.15, -0.1) is 0 Å². The lowest BCUT2D eigenvalue weighted by atomic mass is 9.73. The minimum Gasteiger partial charge on any atom is -0.422 e. The number of benzene rings is 2. The quantitative estimate of drug-likeness (QED) is 0.627. The van der Waals surface area contributed by atoms with Crippen LogP contribution in [0.5, 0.6) is 0 Å². The standard InChI is InChI=1S/C20H20O4/c1-13-5-9-15(10-6-13)20(16-11-7-14(2)8-12-16)17(21)23-19(3,4)24-18(20)22/h5-12H,1-4H3. The topological polar surface area (TPSA) is 52.6 Å². The van der Waals surface area contributed by atoms with Gasteiger partial charge < -0.3 is 9.47 Å². The molecule has 0 atom stereocenters. The SMILES string of the molecule is Cc1ccc(C2(c3ccc(C)cc3)C(=O)OC(C)(C)OC2=O)cc1. The number of carbonyl (C=O) groups is 2. The second-order valence-corrected chi connectivity index (χ2v) is 6.66. The zero-order valence-corrected chi connectivity index (χ0v) is 14.3. The highest BCUT2D eigenvalue weighted by molar-refractivity contribution is 6.11. The molecule has 0 saturated carbocycles. The number of carbonyl (C=O) groups excluding carboxylic acids is 2. The van der Waals surface area contributed by atoms with Crippen molar-refractivity contribution >= 4 is 11.9 Å². The summed E-state index contributed by atoms with van der Waals surface area (Å²) in [5, 5.41) is 0. The first kappa shape index (κ1) is 16.2. The zero-order chi connectivity index (χ0) is 17.5. The van der Waals surface area contributed by atoms with E-state index in [4.69, 9.17) is 9.47 Å². The fourth-order valence-electron chi connectivity index (χ4n) is 2.95. The summed E-state index contributed by atoms with van der Waals surface area (Å²) in [7, 11) is 0. The molecule has 1 saturated heterocycles. The first-order valence-electron chi connectivity index (χ1n) is 7.87. The maximum absolute atomic E-state index is 13.0. The summed E-state index contributed by atoms with van der Waals surface area (Å²) in [4.78, 5) is 26.0. The lowest BCUT2D eigenvalue weighted by molar-refractivity contribution is -0.240. The van der Waals surface area contributed by atoms with Crippen LogP contribution in [0.3, 0.4) is 0 Å². The lowest BCUT2D eigenvalue weighted by Gasteiger charge is -2.40. The maximum Gasteiger partial charge on any atom is 0.335 e. The molecule has 1 aliphatic rings. The van der Waals surface area contributed by atoms with Gasteiger partial charge in [0.2, 0.25) is 5.41 Å². The molecule has 4 heteroatoms. The second-order valence-electron chi connectivity index (χ2n) is 6.66. The summed E-state index contributed by atoms with van der Waals surface area (Å²) in [5.41, 5.74) is 1.56. The van der Waals surface area contributed by atoms with E-state index < -0.39 is 23.1 Å². The average molecular weight is 324 g/mol. The highest BCUT2D eigenvalue weighted by Gasteiger charge is 2.58. The van der Waals surface area contributed by atoms with Crippen molar-refractivity contribution in [3.8, 4) is 0 Å². The molecule has 0 aliphatic carbocycles. The Kier molecular flexibility index (Phi) is 3.71. The van der Waals surface area contributed by atoms with Crippen molar-refractivity contribution < 1.29 is 19.1 Å². The minimum atomic E-state index is -1.60. The third-order valence-corrected chi connectivity index (χ3v) is 4.26. The molecule has 0 N–H and O–H groups in total. The van der Waals surface area contributed by atoms with Crippen LogP contribution in [0.15, 0.2) is 48.5 Å². The third kappa shape index (κ3) is 2.48. The molecule has 0 aromatic heterocycles. The smallest absolute Gasteiger partial charge is 0.335 e. The van der Waals surface area contributed by atoms with Gasteiger partial charge in [0.1, 0.15) is 0 Å². The molecule has 1 aliphatic heterocycles. The molecule has 0 unspecified atom stereocenters. The third-order valence-electron chi connectivity index (χ3n) is 4.26. The predicted octanol–water partition coefficient (Wildman–Crippen LogP) is 3.43. The van der Waals surface area contributed by atoms with Crippen LogP contribution < -0.4 is 0 Å². The van der Waals surface area contributed by atoms with E-state index in [1.807, 2.05) is 38.1 Å². The Morgan fingerprint density at radius 1 is 0.667 bits per heavy atom. The molecule has 0 amide bonds. The average Bonchev–Trinajstić information content (AvgIpc) is 2.49. The molecule has 1 heterocycles. The molecular formula is C20H20O4. The zero-order valence-electron chi connectivity index (χ0n) is 14.3. The number of hydrogen-bond acceptors (Lipinski definition) is 4. The van der Waals surface area contributed by atoms with Crippen molar-refractivity contribution in [2.24, 2.45) is 0 Å². The normalized spacial score (nSPS) is 18.7. The van der Waals surface area contributed by atoms with Crippen molar-refractivity contribution in [1.29, 1.82) is 0 Å². The molecule has 0 bridgehead atoms. The van der Waals surface area contributed by atoms with Crippen molar-refractivity contribution in [2.45, 2.75) is 38.9 Å². The summed E-state index contributed by atoms with van der Waals surface area (Å²) in [5.74, 6) is -2.50. The van der Waals surface area contributed by atoms with Crippen LogP contribution in [0.25, 0.3) is 0 Å². The summed E-state index contributed by atoms with van der Waals surface area (Å²) in [6, 6.07) is 14.6. The van der Waals surface area contributed by atoms with Gasteiger partial charge in [-0.1, -0.05) is 59.7 Å². The van der Waals surface area contributed by atoms with Crippen LogP contribution in [0, 0.1) is 13.8 Å². The van der Waals surface area contributed by atoms with Crippen LogP contribution >= 0.6 is 0 Å². The summed E-state index contributed by atoms with van der Waals surface area (Å²) in [6.07, 6.45) is 0. The van der Waals surface area contributed by atoms with Crippen molar-refractivity contribution in [2.75, 3.05) is 0 Å². The van der Waals surface area contributed by atoms with E-state index in [2.05, 4.69) is 0 Å². The maximum atomic E-state index is 13.0. The van der Waals surface area contributed by atoms with Crippen molar-refractivity contribution in [1.82, 2.24) is 0 Å².